The highest BCUT2D eigenvalue weighted by Gasteiger charge is 2.31. The predicted octanol–water partition coefficient (Wildman–Crippen LogP) is 3.76. The number of methoxy groups -OCH3 is 1. The first-order valence-electron chi connectivity index (χ1n) is 7.85. The number of amides is 1. The SMILES string of the molecule is COc1ccc(C(C#N)C(C)(C)CNC(=O)c2ccccc2)cc1. The van der Waals surface area contributed by atoms with Gasteiger partial charge >= 0.3 is 0 Å². The van der Waals surface area contributed by atoms with E-state index in [1.165, 1.54) is 0 Å². The van der Waals surface area contributed by atoms with Crippen molar-refractivity contribution in [3.05, 3.63) is 65.7 Å². The molecule has 2 aromatic carbocycles. The van der Waals surface area contributed by atoms with Crippen molar-refractivity contribution in [2.24, 2.45) is 5.41 Å². The highest BCUT2D eigenvalue weighted by atomic mass is 16.5. The van der Waals surface area contributed by atoms with Crippen molar-refractivity contribution >= 4 is 5.91 Å². The summed E-state index contributed by atoms with van der Waals surface area (Å²) in [5, 5.41) is 12.6. The fraction of sp³-hybridized carbons (Fsp3) is 0.300. The molecule has 1 amide bonds. The molecule has 4 heteroatoms. The van der Waals surface area contributed by atoms with Crippen LogP contribution >= 0.6 is 0 Å². The number of nitrogens with zero attached hydrogens (tertiary/aromatic N) is 1. The van der Waals surface area contributed by atoms with Gasteiger partial charge in [0.25, 0.3) is 5.91 Å². The second-order valence-corrected chi connectivity index (χ2v) is 6.37. The lowest BCUT2D eigenvalue weighted by atomic mass is 9.75. The van der Waals surface area contributed by atoms with Gasteiger partial charge in [-0.1, -0.05) is 44.2 Å². The van der Waals surface area contributed by atoms with Gasteiger partial charge in [-0.05, 0) is 29.8 Å². The first-order chi connectivity index (χ1) is 11.5. The van der Waals surface area contributed by atoms with Crippen LogP contribution in [-0.4, -0.2) is 19.6 Å². The lowest BCUT2D eigenvalue weighted by Gasteiger charge is -2.30. The van der Waals surface area contributed by atoms with Gasteiger partial charge in [0.15, 0.2) is 0 Å². The third-order valence-corrected chi connectivity index (χ3v) is 4.10. The van der Waals surface area contributed by atoms with Gasteiger partial charge in [0.05, 0.1) is 19.1 Å². The summed E-state index contributed by atoms with van der Waals surface area (Å²) in [5.41, 5.74) is 1.12. The van der Waals surface area contributed by atoms with E-state index in [1.807, 2.05) is 56.3 Å². The topological polar surface area (TPSA) is 62.1 Å². The quantitative estimate of drug-likeness (QED) is 0.881. The Morgan fingerprint density at radius 2 is 1.79 bits per heavy atom. The van der Waals surface area contributed by atoms with Crippen LogP contribution in [0.3, 0.4) is 0 Å². The summed E-state index contributed by atoms with van der Waals surface area (Å²) in [6, 6.07) is 18.9. The largest absolute Gasteiger partial charge is 0.497 e. The minimum absolute atomic E-state index is 0.130. The summed E-state index contributed by atoms with van der Waals surface area (Å²) in [7, 11) is 1.61. The smallest absolute Gasteiger partial charge is 0.251 e. The molecule has 0 heterocycles. The zero-order valence-electron chi connectivity index (χ0n) is 14.2. The summed E-state index contributed by atoms with van der Waals surface area (Å²) in [4.78, 5) is 12.2. The molecular weight excluding hydrogens is 300 g/mol. The summed E-state index contributed by atoms with van der Waals surface area (Å²) in [5.74, 6) is 0.292. The molecule has 24 heavy (non-hydrogen) atoms. The second-order valence-electron chi connectivity index (χ2n) is 6.37. The van der Waals surface area contributed by atoms with Crippen LogP contribution in [0.5, 0.6) is 5.75 Å². The van der Waals surface area contributed by atoms with E-state index >= 15 is 0 Å². The first-order valence-corrected chi connectivity index (χ1v) is 7.85. The van der Waals surface area contributed by atoms with Crippen LogP contribution in [0.2, 0.25) is 0 Å². The summed E-state index contributed by atoms with van der Waals surface area (Å²) >= 11 is 0. The van der Waals surface area contributed by atoms with Gasteiger partial charge in [-0.2, -0.15) is 5.26 Å². The van der Waals surface area contributed by atoms with Crippen molar-refractivity contribution in [2.75, 3.05) is 13.7 Å². The molecular formula is C20H22N2O2. The number of ether oxygens (including phenoxy) is 1. The average molecular weight is 322 g/mol. The van der Waals surface area contributed by atoms with Crippen LogP contribution in [0.25, 0.3) is 0 Å². The number of rotatable bonds is 6. The van der Waals surface area contributed by atoms with E-state index in [-0.39, 0.29) is 11.8 Å². The van der Waals surface area contributed by atoms with E-state index in [4.69, 9.17) is 4.74 Å². The number of hydrogen-bond acceptors (Lipinski definition) is 3. The van der Waals surface area contributed by atoms with Crippen LogP contribution < -0.4 is 10.1 Å². The van der Waals surface area contributed by atoms with Crippen LogP contribution in [0, 0.1) is 16.7 Å². The monoisotopic (exact) mass is 322 g/mol. The number of carbonyl (C=O) groups is 1. The standard InChI is InChI=1S/C20H22N2O2/c1-20(2,14-22-19(23)16-7-5-4-6-8-16)18(13-21)15-9-11-17(24-3)12-10-15/h4-12,18H,14H2,1-3H3,(H,22,23). The molecule has 1 unspecified atom stereocenters. The van der Waals surface area contributed by atoms with Crippen LogP contribution in [0.15, 0.2) is 54.6 Å². The van der Waals surface area contributed by atoms with Crippen molar-refractivity contribution in [3.8, 4) is 11.8 Å². The Hall–Kier alpha value is -2.80. The maximum absolute atomic E-state index is 12.2. The summed E-state index contributed by atoms with van der Waals surface area (Å²) < 4.78 is 5.16. The zero-order chi connectivity index (χ0) is 17.6. The van der Waals surface area contributed by atoms with Crippen molar-refractivity contribution < 1.29 is 9.53 Å². The van der Waals surface area contributed by atoms with Gasteiger partial charge in [-0.15, -0.1) is 0 Å². The lowest BCUT2D eigenvalue weighted by Crippen LogP contribution is -2.37. The molecule has 4 nitrogen and oxygen atoms in total. The van der Waals surface area contributed by atoms with Crippen molar-refractivity contribution in [3.63, 3.8) is 0 Å². The van der Waals surface area contributed by atoms with E-state index < -0.39 is 5.41 Å². The molecule has 124 valence electrons. The Balaban J connectivity index is 2.09. The minimum Gasteiger partial charge on any atom is -0.497 e. The van der Waals surface area contributed by atoms with Crippen molar-refractivity contribution in [1.82, 2.24) is 5.32 Å². The molecule has 0 aromatic heterocycles. The molecule has 0 radical (unpaired) electrons. The molecule has 2 aromatic rings. The molecule has 0 saturated carbocycles. The number of carbonyl (C=O) groups excluding carboxylic acids is 1. The number of nitrogens with one attached hydrogen (secondary N) is 1. The lowest BCUT2D eigenvalue weighted by molar-refractivity contribution is 0.0934. The Labute approximate surface area is 143 Å². The van der Waals surface area contributed by atoms with Crippen LogP contribution in [0.4, 0.5) is 0 Å². The van der Waals surface area contributed by atoms with E-state index in [9.17, 15) is 10.1 Å². The van der Waals surface area contributed by atoms with Gasteiger partial charge in [-0.25, -0.2) is 0 Å². The minimum atomic E-state index is -0.409. The highest BCUT2D eigenvalue weighted by Crippen LogP contribution is 2.35. The van der Waals surface area contributed by atoms with Gasteiger partial charge in [0.2, 0.25) is 0 Å². The van der Waals surface area contributed by atoms with Gasteiger partial charge in [-0.3, -0.25) is 4.79 Å². The molecule has 0 spiro atoms. The van der Waals surface area contributed by atoms with Crippen molar-refractivity contribution in [2.45, 2.75) is 19.8 Å². The molecule has 0 aliphatic heterocycles. The molecule has 1 N–H and O–H groups in total. The van der Waals surface area contributed by atoms with E-state index in [1.54, 1.807) is 19.2 Å². The van der Waals surface area contributed by atoms with Crippen molar-refractivity contribution in [1.29, 1.82) is 5.26 Å². The second kappa shape index (κ2) is 7.65. The summed E-state index contributed by atoms with van der Waals surface area (Å²) in [6.45, 7) is 4.37. The molecule has 2 rings (SSSR count). The van der Waals surface area contributed by atoms with Crippen LogP contribution in [0.1, 0.15) is 35.7 Å². The fourth-order valence-corrected chi connectivity index (χ4v) is 2.60. The third-order valence-electron chi connectivity index (χ3n) is 4.10. The Morgan fingerprint density at radius 1 is 1.17 bits per heavy atom. The molecule has 0 aliphatic rings. The first kappa shape index (κ1) is 17.6. The highest BCUT2D eigenvalue weighted by molar-refractivity contribution is 5.94. The molecule has 0 fully saturated rings. The third kappa shape index (κ3) is 4.14. The maximum atomic E-state index is 12.2. The van der Waals surface area contributed by atoms with Gasteiger partial charge in [0, 0.05) is 17.5 Å². The molecule has 0 aliphatic carbocycles. The van der Waals surface area contributed by atoms with E-state index in [0.29, 0.717) is 12.1 Å². The average Bonchev–Trinajstić information content (AvgIpc) is 2.61. The number of nitriles is 1. The Morgan fingerprint density at radius 3 is 2.33 bits per heavy atom. The maximum Gasteiger partial charge on any atom is 0.251 e. The number of hydrogen-bond donors (Lipinski definition) is 1. The van der Waals surface area contributed by atoms with Gasteiger partial charge < -0.3 is 10.1 Å². The number of benzene rings is 2. The van der Waals surface area contributed by atoms with E-state index in [2.05, 4.69) is 11.4 Å². The molecule has 0 bridgehead atoms. The molecule has 1 atom stereocenters. The normalized spacial score (nSPS) is 12.1. The zero-order valence-corrected chi connectivity index (χ0v) is 14.2. The Kier molecular flexibility index (Phi) is 5.59. The van der Waals surface area contributed by atoms with Crippen LogP contribution in [-0.2, 0) is 0 Å². The van der Waals surface area contributed by atoms with Gasteiger partial charge in [0.1, 0.15) is 5.75 Å². The predicted molar refractivity (Wildman–Crippen MR) is 93.9 cm³/mol. The molecule has 0 saturated heterocycles. The fourth-order valence-electron chi connectivity index (χ4n) is 2.60. The van der Waals surface area contributed by atoms with E-state index in [0.717, 1.165) is 11.3 Å². The Bertz CT molecular complexity index is 716. The summed E-state index contributed by atoms with van der Waals surface area (Å²) in [6.07, 6.45) is 0.